The van der Waals surface area contributed by atoms with E-state index in [9.17, 15) is 18.0 Å². The maximum absolute atomic E-state index is 14.8. The molecule has 0 bridgehead atoms. The highest BCUT2D eigenvalue weighted by atomic mass is 19.2. The summed E-state index contributed by atoms with van der Waals surface area (Å²) in [5.41, 5.74) is 0.0194. The summed E-state index contributed by atoms with van der Waals surface area (Å²) in [5.74, 6) is 0.121. The van der Waals surface area contributed by atoms with Gasteiger partial charge in [-0.25, -0.2) is 27.9 Å². The molecule has 2 aromatic carbocycles. The predicted octanol–water partition coefficient (Wildman–Crippen LogP) is 8.66. The lowest BCUT2D eigenvalue weighted by Gasteiger charge is -2.24. The molecule has 0 aliphatic heterocycles. The molecule has 0 spiro atoms. The fourth-order valence-corrected chi connectivity index (χ4v) is 4.31. The fourth-order valence-electron chi connectivity index (χ4n) is 4.31. The van der Waals surface area contributed by atoms with Crippen LogP contribution in [-0.2, 0) is 4.79 Å². The number of benzene rings is 2. The molecule has 0 saturated heterocycles. The lowest BCUT2D eigenvalue weighted by molar-refractivity contribution is -0.147. The molecule has 4 unspecified atom stereocenters. The first-order valence-corrected chi connectivity index (χ1v) is 14.0. The normalized spacial score (nSPS) is 15.1. The quantitative estimate of drug-likeness (QED) is 0.106. The molecule has 0 aliphatic carbocycles. The van der Waals surface area contributed by atoms with E-state index in [1.54, 1.807) is 60.9 Å². The zero-order valence-electron chi connectivity index (χ0n) is 23.7. The summed E-state index contributed by atoms with van der Waals surface area (Å²) >= 11 is 0. The summed E-state index contributed by atoms with van der Waals surface area (Å²) in [6.45, 7) is 6.42. The number of aromatic nitrogens is 2. The molecule has 0 fully saturated rings. The molecule has 0 N–H and O–H groups in total. The zero-order valence-corrected chi connectivity index (χ0v) is 23.7. The second-order valence-electron chi connectivity index (χ2n) is 10.3. The minimum absolute atomic E-state index is 0.129. The summed E-state index contributed by atoms with van der Waals surface area (Å²) in [7, 11) is 0. The fraction of sp³-hybridized carbons (Fsp3) is 0.469. The molecule has 0 amide bonds. The van der Waals surface area contributed by atoms with Crippen LogP contribution in [0, 0.1) is 0 Å². The Morgan fingerprint density at radius 1 is 0.925 bits per heavy atom. The van der Waals surface area contributed by atoms with E-state index in [0.717, 1.165) is 24.8 Å². The minimum Gasteiger partial charge on any atom is -0.487 e. The van der Waals surface area contributed by atoms with Crippen molar-refractivity contribution < 1.29 is 27.4 Å². The van der Waals surface area contributed by atoms with E-state index >= 15 is 0 Å². The van der Waals surface area contributed by atoms with E-state index in [0.29, 0.717) is 42.0 Å². The van der Waals surface area contributed by atoms with E-state index in [-0.39, 0.29) is 12.2 Å². The Hall–Kier alpha value is -3.42. The van der Waals surface area contributed by atoms with Gasteiger partial charge in [-0.1, -0.05) is 63.8 Å². The maximum Gasteiger partial charge on any atom is 0.348 e. The molecule has 3 rings (SSSR count). The van der Waals surface area contributed by atoms with E-state index in [4.69, 9.17) is 9.47 Å². The number of esters is 1. The molecule has 8 heteroatoms. The van der Waals surface area contributed by atoms with Crippen molar-refractivity contribution in [2.24, 2.45) is 0 Å². The number of ether oxygens (including phenoxy) is 2. The van der Waals surface area contributed by atoms with Crippen LogP contribution in [0.4, 0.5) is 13.2 Å². The average Bonchev–Trinajstić information content (AvgIpc) is 2.95. The van der Waals surface area contributed by atoms with Gasteiger partial charge in [0.05, 0.1) is 5.56 Å². The molecule has 40 heavy (non-hydrogen) atoms. The van der Waals surface area contributed by atoms with Crippen LogP contribution in [0.2, 0.25) is 0 Å². The van der Waals surface area contributed by atoms with Crippen LogP contribution in [0.15, 0.2) is 60.9 Å². The minimum atomic E-state index is -2.04. The monoisotopic (exact) mass is 556 g/mol. The number of hydrogen-bond donors (Lipinski definition) is 0. The Labute approximate surface area is 235 Å². The molecule has 1 aromatic heterocycles. The van der Waals surface area contributed by atoms with Crippen molar-refractivity contribution in [2.45, 2.75) is 96.8 Å². The van der Waals surface area contributed by atoms with Gasteiger partial charge in [-0.2, -0.15) is 0 Å². The van der Waals surface area contributed by atoms with Gasteiger partial charge in [-0.3, -0.25) is 0 Å². The second-order valence-corrected chi connectivity index (χ2v) is 10.3. The Morgan fingerprint density at radius 2 is 1.60 bits per heavy atom. The van der Waals surface area contributed by atoms with Crippen LogP contribution in [-0.4, -0.2) is 40.1 Å². The molecule has 0 radical (unpaired) electrons. The molecule has 4 atom stereocenters. The highest BCUT2D eigenvalue weighted by Crippen LogP contribution is 2.31. The van der Waals surface area contributed by atoms with E-state index in [1.165, 1.54) is 13.8 Å². The summed E-state index contributed by atoms with van der Waals surface area (Å²) in [6, 6.07) is 13.7. The Morgan fingerprint density at radius 3 is 2.23 bits per heavy atom. The summed E-state index contributed by atoms with van der Waals surface area (Å²) in [5, 5.41) is 0. The van der Waals surface area contributed by atoms with Crippen molar-refractivity contribution in [1.29, 1.82) is 0 Å². The summed E-state index contributed by atoms with van der Waals surface area (Å²) in [6.07, 6.45) is 3.68. The van der Waals surface area contributed by atoms with Crippen LogP contribution >= 0.6 is 0 Å². The SMILES string of the molecule is CCCCCCC(C)(F)C(=O)Oc1ccc(-c2cnc(-c3ccccc3OC(CCC)C(F)C(C)F)nc2)cc1. The van der Waals surface area contributed by atoms with Gasteiger partial charge in [0.15, 0.2) is 12.0 Å². The maximum atomic E-state index is 14.8. The first-order chi connectivity index (χ1) is 19.2. The van der Waals surface area contributed by atoms with Crippen molar-refractivity contribution in [1.82, 2.24) is 9.97 Å². The molecular formula is C32H39F3N2O3. The van der Waals surface area contributed by atoms with Crippen LogP contribution in [0.1, 0.15) is 72.6 Å². The van der Waals surface area contributed by atoms with Crippen molar-refractivity contribution in [3.05, 3.63) is 60.9 Å². The molecule has 3 aromatic rings. The molecule has 5 nitrogen and oxygen atoms in total. The number of halogens is 3. The van der Waals surface area contributed by atoms with Gasteiger partial charge in [0, 0.05) is 18.0 Å². The van der Waals surface area contributed by atoms with E-state index in [2.05, 4.69) is 16.9 Å². The predicted molar refractivity (Wildman–Crippen MR) is 152 cm³/mol. The Bertz CT molecular complexity index is 1200. The third-order valence-corrected chi connectivity index (χ3v) is 6.75. The van der Waals surface area contributed by atoms with Crippen molar-refractivity contribution in [2.75, 3.05) is 0 Å². The van der Waals surface area contributed by atoms with Gasteiger partial charge in [-0.15, -0.1) is 0 Å². The highest BCUT2D eigenvalue weighted by molar-refractivity contribution is 5.81. The van der Waals surface area contributed by atoms with Gasteiger partial charge < -0.3 is 9.47 Å². The lowest BCUT2D eigenvalue weighted by atomic mass is 10.00. The third kappa shape index (κ3) is 8.54. The van der Waals surface area contributed by atoms with Crippen LogP contribution in [0.3, 0.4) is 0 Å². The van der Waals surface area contributed by atoms with Gasteiger partial charge >= 0.3 is 5.97 Å². The topological polar surface area (TPSA) is 61.3 Å². The van der Waals surface area contributed by atoms with Gasteiger partial charge in [0.2, 0.25) is 5.67 Å². The van der Waals surface area contributed by atoms with Gasteiger partial charge in [0.1, 0.15) is 23.8 Å². The van der Waals surface area contributed by atoms with Crippen molar-refractivity contribution in [3.63, 3.8) is 0 Å². The number of nitrogens with zero attached hydrogens (tertiary/aromatic N) is 2. The molecule has 0 saturated carbocycles. The number of alkyl halides is 3. The highest BCUT2D eigenvalue weighted by Gasteiger charge is 2.34. The van der Waals surface area contributed by atoms with Gasteiger partial charge in [-0.05, 0) is 62.9 Å². The van der Waals surface area contributed by atoms with Gasteiger partial charge in [0.25, 0.3) is 0 Å². The smallest absolute Gasteiger partial charge is 0.348 e. The molecular weight excluding hydrogens is 517 g/mol. The van der Waals surface area contributed by atoms with Crippen molar-refractivity contribution >= 4 is 5.97 Å². The number of para-hydroxylation sites is 1. The van der Waals surface area contributed by atoms with E-state index in [1.807, 2.05) is 6.92 Å². The number of rotatable bonds is 15. The number of hydrogen-bond acceptors (Lipinski definition) is 5. The average molecular weight is 557 g/mol. The zero-order chi connectivity index (χ0) is 29.1. The second kappa shape index (κ2) is 14.8. The van der Waals surface area contributed by atoms with Crippen molar-refractivity contribution in [3.8, 4) is 34.0 Å². The molecule has 0 aliphatic rings. The van der Waals surface area contributed by atoms with Crippen LogP contribution in [0.5, 0.6) is 11.5 Å². The lowest BCUT2D eigenvalue weighted by Crippen LogP contribution is -2.34. The number of carbonyl (C=O) groups excluding carboxylic acids is 1. The third-order valence-electron chi connectivity index (χ3n) is 6.75. The van der Waals surface area contributed by atoms with Crippen LogP contribution in [0.25, 0.3) is 22.5 Å². The Kier molecular flexibility index (Phi) is 11.5. The molecule has 1 heterocycles. The standard InChI is InChI=1S/C32H39F3N2O3/c1-5-7-8-11-19-32(4,35)31(38)39-25-17-15-23(16-18-25)24-20-36-30(37-21-24)26-13-9-10-14-27(26)40-28(12-6-2)29(34)22(3)33/h9-10,13-18,20-22,28-29H,5-8,11-12,19H2,1-4H3. The Balaban J connectivity index is 1.69. The van der Waals surface area contributed by atoms with Crippen LogP contribution < -0.4 is 9.47 Å². The number of unbranched alkanes of at least 4 members (excludes halogenated alkanes) is 3. The first-order valence-electron chi connectivity index (χ1n) is 14.0. The summed E-state index contributed by atoms with van der Waals surface area (Å²) in [4.78, 5) is 21.3. The first kappa shape index (κ1) is 31.1. The summed E-state index contributed by atoms with van der Waals surface area (Å²) < 4.78 is 54.2. The van der Waals surface area contributed by atoms with E-state index < -0.39 is 30.1 Å². The molecule has 216 valence electrons. The largest absolute Gasteiger partial charge is 0.487 e. The number of carbonyl (C=O) groups is 1.